The Labute approximate surface area is 146 Å². The second kappa shape index (κ2) is 7.77. The van der Waals surface area contributed by atoms with Crippen molar-refractivity contribution in [3.05, 3.63) is 58.1 Å². The fourth-order valence-electron chi connectivity index (χ4n) is 2.04. The van der Waals surface area contributed by atoms with Crippen molar-refractivity contribution in [3.8, 4) is 0 Å². The van der Waals surface area contributed by atoms with Crippen LogP contribution in [0.3, 0.4) is 0 Å². The second-order valence-electron chi connectivity index (χ2n) is 4.93. The van der Waals surface area contributed by atoms with Crippen molar-refractivity contribution in [2.75, 3.05) is 17.2 Å². The van der Waals surface area contributed by atoms with E-state index in [0.717, 1.165) is 6.07 Å². The SMILES string of the molecule is O=C(CCNc1ccccc1C(F)(F)F)Nc1cc(Cl)cc(Cl)c1. The molecule has 2 N–H and O–H groups in total. The number of nitrogens with one attached hydrogen (secondary N) is 2. The zero-order valence-electron chi connectivity index (χ0n) is 12.3. The summed E-state index contributed by atoms with van der Waals surface area (Å²) in [4.78, 5) is 11.8. The molecule has 0 aliphatic heterocycles. The monoisotopic (exact) mass is 376 g/mol. The molecule has 0 atom stereocenters. The maximum Gasteiger partial charge on any atom is 0.418 e. The number of halogens is 5. The van der Waals surface area contributed by atoms with E-state index >= 15 is 0 Å². The van der Waals surface area contributed by atoms with E-state index in [1.54, 1.807) is 0 Å². The third-order valence-corrected chi connectivity index (χ3v) is 3.48. The molecule has 0 saturated carbocycles. The summed E-state index contributed by atoms with van der Waals surface area (Å²) in [5.74, 6) is -0.370. The highest BCUT2D eigenvalue weighted by Crippen LogP contribution is 2.34. The van der Waals surface area contributed by atoms with Crippen LogP contribution in [0.1, 0.15) is 12.0 Å². The maximum atomic E-state index is 12.9. The quantitative estimate of drug-likeness (QED) is 0.727. The van der Waals surface area contributed by atoms with Crippen LogP contribution >= 0.6 is 23.2 Å². The highest BCUT2D eigenvalue weighted by Gasteiger charge is 2.32. The van der Waals surface area contributed by atoms with Crippen LogP contribution < -0.4 is 10.6 Å². The molecule has 24 heavy (non-hydrogen) atoms. The summed E-state index contributed by atoms with van der Waals surface area (Å²) < 4.78 is 38.6. The summed E-state index contributed by atoms with van der Waals surface area (Å²) in [5, 5.41) is 5.95. The number of para-hydroxylation sites is 1. The molecule has 0 saturated heterocycles. The average molecular weight is 377 g/mol. The molecule has 128 valence electrons. The van der Waals surface area contributed by atoms with Crippen molar-refractivity contribution in [3.63, 3.8) is 0 Å². The van der Waals surface area contributed by atoms with Gasteiger partial charge in [0.2, 0.25) is 5.91 Å². The van der Waals surface area contributed by atoms with Crippen LogP contribution in [0.15, 0.2) is 42.5 Å². The molecule has 8 heteroatoms. The third kappa shape index (κ3) is 5.32. The number of hydrogen-bond donors (Lipinski definition) is 2. The van der Waals surface area contributed by atoms with Gasteiger partial charge in [-0.3, -0.25) is 4.79 Å². The van der Waals surface area contributed by atoms with Crippen molar-refractivity contribution in [1.82, 2.24) is 0 Å². The topological polar surface area (TPSA) is 41.1 Å². The normalized spacial score (nSPS) is 11.2. The fraction of sp³-hybridized carbons (Fsp3) is 0.188. The van der Waals surface area contributed by atoms with Gasteiger partial charge in [-0.15, -0.1) is 0 Å². The molecule has 2 aromatic carbocycles. The first-order valence-corrected chi connectivity index (χ1v) is 7.67. The molecule has 2 aromatic rings. The molecule has 0 aromatic heterocycles. The Hall–Kier alpha value is -1.92. The van der Waals surface area contributed by atoms with E-state index in [4.69, 9.17) is 23.2 Å². The average Bonchev–Trinajstić information content (AvgIpc) is 2.45. The van der Waals surface area contributed by atoms with Gasteiger partial charge in [0, 0.05) is 34.4 Å². The van der Waals surface area contributed by atoms with Gasteiger partial charge in [-0.2, -0.15) is 13.2 Å². The highest BCUT2D eigenvalue weighted by atomic mass is 35.5. The van der Waals surface area contributed by atoms with E-state index < -0.39 is 11.7 Å². The Balaban J connectivity index is 1.92. The van der Waals surface area contributed by atoms with Gasteiger partial charge in [0.15, 0.2) is 0 Å². The van der Waals surface area contributed by atoms with Gasteiger partial charge in [-0.1, -0.05) is 35.3 Å². The summed E-state index contributed by atoms with van der Waals surface area (Å²) in [6.07, 6.45) is -4.47. The minimum absolute atomic E-state index is 0.0175. The van der Waals surface area contributed by atoms with Gasteiger partial charge in [0.1, 0.15) is 0 Å². The van der Waals surface area contributed by atoms with Gasteiger partial charge in [0.25, 0.3) is 0 Å². The van der Waals surface area contributed by atoms with Crippen LogP contribution in [0.25, 0.3) is 0 Å². The highest BCUT2D eigenvalue weighted by molar-refractivity contribution is 6.35. The summed E-state index contributed by atoms with van der Waals surface area (Å²) >= 11 is 11.6. The maximum absolute atomic E-state index is 12.9. The van der Waals surface area contributed by atoms with Gasteiger partial charge in [-0.05, 0) is 30.3 Å². The third-order valence-electron chi connectivity index (χ3n) is 3.05. The molecule has 0 bridgehead atoms. The van der Waals surface area contributed by atoms with Crippen LogP contribution in [-0.4, -0.2) is 12.5 Å². The van der Waals surface area contributed by atoms with E-state index in [2.05, 4.69) is 10.6 Å². The molecule has 0 aliphatic carbocycles. The van der Waals surface area contributed by atoms with Gasteiger partial charge >= 0.3 is 6.18 Å². The van der Waals surface area contributed by atoms with Crippen molar-refractivity contribution >= 4 is 40.5 Å². The molecule has 0 spiro atoms. The number of alkyl halides is 3. The van der Waals surface area contributed by atoms with E-state index in [1.165, 1.54) is 36.4 Å². The first-order valence-electron chi connectivity index (χ1n) is 6.92. The number of hydrogen-bond acceptors (Lipinski definition) is 2. The van der Waals surface area contributed by atoms with E-state index in [-0.39, 0.29) is 24.6 Å². The lowest BCUT2D eigenvalue weighted by Crippen LogP contribution is -2.17. The van der Waals surface area contributed by atoms with Crippen LogP contribution in [0.5, 0.6) is 0 Å². The summed E-state index contributed by atoms with van der Waals surface area (Å²) in [5.41, 5.74) is -0.413. The first-order chi connectivity index (χ1) is 11.3. The molecule has 0 fully saturated rings. The smallest absolute Gasteiger partial charge is 0.384 e. The zero-order valence-corrected chi connectivity index (χ0v) is 13.8. The van der Waals surface area contributed by atoms with Crippen molar-refractivity contribution < 1.29 is 18.0 Å². The van der Waals surface area contributed by atoms with Crippen LogP contribution in [0.2, 0.25) is 10.0 Å². The zero-order chi connectivity index (χ0) is 17.7. The molecule has 0 heterocycles. The number of rotatable bonds is 5. The largest absolute Gasteiger partial charge is 0.418 e. The molecule has 1 amide bonds. The molecule has 0 radical (unpaired) electrons. The Kier molecular flexibility index (Phi) is 5.96. The van der Waals surface area contributed by atoms with Crippen LogP contribution in [-0.2, 0) is 11.0 Å². The lowest BCUT2D eigenvalue weighted by Gasteiger charge is -2.14. The van der Waals surface area contributed by atoms with Crippen molar-refractivity contribution in [2.45, 2.75) is 12.6 Å². The van der Waals surface area contributed by atoms with E-state index in [0.29, 0.717) is 15.7 Å². The van der Waals surface area contributed by atoms with Crippen LogP contribution in [0.4, 0.5) is 24.5 Å². The molecular weight excluding hydrogens is 364 g/mol. The first kappa shape index (κ1) is 18.4. The van der Waals surface area contributed by atoms with Crippen LogP contribution in [0, 0.1) is 0 Å². The number of anilines is 2. The fourth-order valence-corrected chi connectivity index (χ4v) is 2.57. The standard InChI is InChI=1S/C16H13Cl2F3N2O/c17-10-7-11(18)9-12(8-10)23-15(24)5-6-22-14-4-2-1-3-13(14)16(19,20)21/h1-4,7-9,22H,5-6H2,(H,23,24). The second-order valence-corrected chi connectivity index (χ2v) is 5.80. The van der Waals surface area contributed by atoms with Crippen molar-refractivity contribution in [2.24, 2.45) is 0 Å². The Morgan fingerprint density at radius 1 is 1.04 bits per heavy atom. The molecular formula is C16H13Cl2F3N2O. The van der Waals surface area contributed by atoms with E-state index in [1.807, 2.05) is 0 Å². The number of carbonyl (C=O) groups excluding carboxylic acids is 1. The minimum atomic E-state index is -4.45. The van der Waals surface area contributed by atoms with Crippen molar-refractivity contribution in [1.29, 1.82) is 0 Å². The number of carbonyl (C=O) groups is 1. The molecule has 2 rings (SSSR count). The van der Waals surface area contributed by atoms with Gasteiger partial charge < -0.3 is 10.6 Å². The lowest BCUT2D eigenvalue weighted by atomic mass is 10.1. The predicted molar refractivity (Wildman–Crippen MR) is 89.6 cm³/mol. The molecule has 3 nitrogen and oxygen atoms in total. The van der Waals surface area contributed by atoms with E-state index in [9.17, 15) is 18.0 Å². The summed E-state index contributed by atoms with van der Waals surface area (Å²) in [6, 6.07) is 9.67. The summed E-state index contributed by atoms with van der Waals surface area (Å²) in [6.45, 7) is 0.0488. The Morgan fingerprint density at radius 2 is 1.67 bits per heavy atom. The predicted octanol–water partition coefficient (Wildman–Crippen LogP) is 5.45. The van der Waals surface area contributed by atoms with Gasteiger partial charge in [0.05, 0.1) is 5.56 Å². The Bertz CT molecular complexity index is 715. The Morgan fingerprint density at radius 3 is 2.29 bits per heavy atom. The molecule has 0 unspecified atom stereocenters. The minimum Gasteiger partial charge on any atom is -0.384 e. The summed E-state index contributed by atoms with van der Waals surface area (Å²) in [7, 11) is 0. The number of amides is 1. The number of benzene rings is 2. The molecule has 0 aliphatic rings. The lowest BCUT2D eigenvalue weighted by molar-refractivity contribution is -0.137. The van der Waals surface area contributed by atoms with Gasteiger partial charge in [-0.25, -0.2) is 0 Å².